The van der Waals surface area contributed by atoms with Gasteiger partial charge in [-0.2, -0.15) is 8.42 Å². The van der Waals surface area contributed by atoms with Crippen LogP contribution in [-0.4, -0.2) is 59.4 Å². The van der Waals surface area contributed by atoms with Crippen LogP contribution in [0.1, 0.15) is 19.3 Å². The zero-order valence-corrected chi connectivity index (χ0v) is 14.8. The maximum Gasteiger partial charge on any atom is 0.346 e. The van der Waals surface area contributed by atoms with Gasteiger partial charge in [-0.25, -0.2) is 0 Å². The van der Waals surface area contributed by atoms with Crippen molar-refractivity contribution in [3.8, 4) is 0 Å². The molecule has 116 valence electrons. The van der Waals surface area contributed by atoms with Crippen molar-refractivity contribution < 1.29 is 55.8 Å². The third-order valence-corrected chi connectivity index (χ3v) is 6.85. The van der Waals surface area contributed by atoms with Crippen LogP contribution in [0, 0.1) is 5.92 Å². The molecule has 0 saturated carbocycles. The molecule has 0 aliphatic carbocycles. The van der Waals surface area contributed by atoms with E-state index in [2.05, 4.69) is 0 Å². The van der Waals surface area contributed by atoms with Gasteiger partial charge in [-0.05, 0) is 19.3 Å². The zero-order valence-electron chi connectivity index (χ0n) is 10.9. The van der Waals surface area contributed by atoms with Gasteiger partial charge < -0.3 is 38.2 Å². The standard InChI is InChI=1S/C9H20NO6PS.HI/c1-10(2)5-3-4-8(7-10)6-9(17(11,12)13)18(14,15)16;/h8-9H,3-7H2,1-2H3,(H2-,11,12,13,14,15,16);1H. The summed E-state index contributed by atoms with van der Waals surface area (Å²) in [5.74, 6) is -0.103. The van der Waals surface area contributed by atoms with Crippen LogP contribution in [0.4, 0.5) is 0 Å². The molecule has 10 heteroatoms. The van der Waals surface area contributed by atoms with Gasteiger partial charge in [0.15, 0.2) is 4.99 Å². The number of nitrogens with zero attached hydrogens (tertiary/aromatic N) is 1. The average molecular weight is 429 g/mol. The van der Waals surface area contributed by atoms with Crippen LogP contribution in [0.2, 0.25) is 0 Å². The van der Waals surface area contributed by atoms with Gasteiger partial charge in [0.05, 0.1) is 27.2 Å². The first-order valence-corrected chi connectivity index (χ1v) is 8.94. The minimum absolute atomic E-state index is 0. The second-order valence-corrected chi connectivity index (χ2v) is 9.39. The van der Waals surface area contributed by atoms with Gasteiger partial charge in [0.1, 0.15) is 0 Å². The topological polar surface area (TPSA) is 112 Å². The molecule has 2 atom stereocenters. The highest BCUT2D eigenvalue weighted by atomic mass is 127. The number of quaternary nitrogens is 1. The SMILES string of the molecule is C[N+]1(C)CCCC(CC(P(=O)(O)O)S(=O)(=O)O)C1.[I-]. The van der Waals surface area contributed by atoms with Crippen molar-refractivity contribution in [2.45, 2.75) is 24.3 Å². The summed E-state index contributed by atoms with van der Waals surface area (Å²) in [4.78, 5) is 16.1. The number of halogens is 1. The van der Waals surface area contributed by atoms with E-state index in [1.807, 2.05) is 14.1 Å². The van der Waals surface area contributed by atoms with Crippen LogP contribution in [0.5, 0.6) is 0 Å². The van der Waals surface area contributed by atoms with E-state index in [4.69, 9.17) is 14.3 Å². The molecule has 1 fully saturated rings. The van der Waals surface area contributed by atoms with E-state index >= 15 is 0 Å². The van der Waals surface area contributed by atoms with Crippen molar-refractivity contribution in [1.82, 2.24) is 0 Å². The maximum absolute atomic E-state index is 11.2. The van der Waals surface area contributed by atoms with Gasteiger partial charge >= 0.3 is 7.60 Å². The van der Waals surface area contributed by atoms with Gasteiger partial charge in [-0.1, -0.05) is 0 Å². The van der Waals surface area contributed by atoms with Gasteiger partial charge in [-0.15, -0.1) is 0 Å². The van der Waals surface area contributed by atoms with Crippen LogP contribution in [0.25, 0.3) is 0 Å². The second-order valence-electron chi connectivity index (χ2n) is 5.64. The lowest BCUT2D eigenvalue weighted by Gasteiger charge is -2.38. The third kappa shape index (κ3) is 6.36. The van der Waals surface area contributed by atoms with Crippen molar-refractivity contribution >= 4 is 17.7 Å². The summed E-state index contributed by atoms with van der Waals surface area (Å²) in [5.41, 5.74) is 0. The molecule has 0 amide bonds. The molecule has 1 rings (SSSR count). The van der Waals surface area contributed by atoms with E-state index in [9.17, 15) is 13.0 Å². The van der Waals surface area contributed by atoms with Crippen LogP contribution in [0.3, 0.4) is 0 Å². The van der Waals surface area contributed by atoms with Gasteiger partial charge in [0, 0.05) is 5.92 Å². The molecule has 0 aromatic carbocycles. The molecule has 1 aliphatic heterocycles. The highest BCUT2D eigenvalue weighted by Gasteiger charge is 2.43. The fourth-order valence-electron chi connectivity index (χ4n) is 2.60. The lowest BCUT2D eigenvalue weighted by atomic mass is 9.94. The Balaban J connectivity index is 0.00000324. The minimum atomic E-state index is -4.85. The Morgan fingerprint density at radius 2 is 1.89 bits per heavy atom. The number of hydrogen-bond acceptors (Lipinski definition) is 3. The van der Waals surface area contributed by atoms with Gasteiger partial charge in [-0.3, -0.25) is 9.12 Å². The first-order chi connectivity index (χ1) is 7.92. The molecule has 0 aromatic heterocycles. The highest BCUT2D eigenvalue weighted by Crippen LogP contribution is 2.47. The highest BCUT2D eigenvalue weighted by molar-refractivity contribution is 7.93. The third-order valence-electron chi connectivity index (χ3n) is 3.38. The van der Waals surface area contributed by atoms with E-state index in [0.717, 1.165) is 19.4 Å². The zero-order chi connectivity index (χ0) is 14.2. The van der Waals surface area contributed by atoms with E-state index in [1.54, 1.807) is 0 Å². The van der Waals surface area contributed by atoms with E-state index in [0.29, 0.717) is 11.0 Å². The Morgan fingerprint density at radius 3 is 2.26 bits per heavy atom. The fourth-order valence-corrected chi connectivity index (χ4v) is 5.08. The van der Waals surface area contributed by atoms with Crippen molar-refractivity contribution in [3.05, 3.63) is 0 Å². The normalized spacial score (nSPS) is 25.4. The van der Waals surface area contributed by atoms with Crippen molar-refractivity contribution in [2.75, 3.05) is 27.2 Å². The van der Waals surface area contributed by atoms with Crippen molar-refractivity contribution in [1.29, 1.82) is 0 Å². The Morgan fingerprint density at radius 1 is 1.37 bits per heavy atom. The fraction of sp³-hybridized carbons (Fsp3) is 1.00. The van der Waals surface area contributed by atoms with Crippen LogP contribution >= 0.6 is 7.60 Å². The molecular formula is C9H21INO6PS. The van der Waals surface area contributed by atoms with Gasteiger partial charge in [0.2, 0.25) is 0 Å². The second kappa shape index (κ2) is 6.67. The predicted molar refractivity (Wildman–Crippen MR) is 66.6 cm³/mol. The Kier molecular flexibility index (Phi) is 6.94. The molecule has 1 aliphatic rings. The number of likely N-dealkylation sites (tertiary alicyclic amines) is 1. The lowest BCUT2D eigenvalue weighted by molar-refractivity contribution is -0.898. The first kappa shape index (κ1) is 19.8. The molecule has 0 radical (unpaired) electrons. The van der Waals surface area contributed by atoms with E-state index in [1.165, 1.54) is 0 Å². The molecule has 0 bridgehead atoms. The molecule has 3 N–H and O–H groups in total. The van der Waals surface area contributed by atoms with Crippen LogP contribution in [-0.2, 0) is 14.7 Å². The first-order valence-electron chi connectivity index (χ1n) is 5.75. The Hall–Kier alpha value is 0.750. The molecule has 19 heavy (non-hydrogen) atoms. The average Bonchev–Trinajstić information content (AvgIpc) is 2.09. The summed E-state index contributed by atoms with van der Waals surface area (Å²) in [6.07, 6.45) is 1.43. The summed E-state index contributed by atoms with van der Waals surface area (Å²) in [6, 6.07) is 0. The van der Waals surface area contributed by atoms with Gasteiger partial charge in [0.25, 0.3) is 10.1 Å². The lowest BCUT2D eigenvalue weighted by Crippen LogP contribution is -3.00. The minimum Gasteiger partial charge on any atom is -1.00 e. The largest absolute Gasteiger partial charge is 1.00 e. The molecule has 1 saturated heterocycles. The summed E-state index contributed by atoms with van der Waals surface area (Å²) >= 11 is 0. The molecule has 7 nitrogen and oxygen atoms in total. The molecule has 2 unspecified atom stereocenters. The summed E-state index contributed by atoms with van der Waals surface area (Å²) in [7, 11) is -5.60. The van der Waals surface area contributed by atoms with E-state index in [-0.39, 0.29) is 36.3 Å². The monoisotopic (exact) mass is 429 g/mol. The maximum atomic E-state index is 11.2. The quantitative estimate of drug-likeness (QED) is 0.194. The molecule has 0 spiro atoms. The number of rotatable bonds is 4. The van der Waals surface area contributed by atoms with Crippen molar-refractivity contribution in [2.24, 2.45) is 5.92 Å². The predicted octanol–water partition coefficient (Wildman–Crippen LogP) is -2.74. The number of hydrogen-bond donors (Lipinski definition) is 3. The van der Waals surface area contributed by atoms with Crippen LogP contribution < -0.4 is 24.0 Å². The van der Waals surface area contributed by atoms with Crippen molar-refractivity contribution in [3.63, 3.8) is 0 Å². The van der Waals surface area contributed by atoms with E-state index < -0.39 is 22.7 Å². The Bertz CT molecular complexity index is 448. The summed E-state index contributed by atoms with van der Waals surface area (Å²) in [6.45, 7) is 1.62. The molecule has 1 heterocycles. The summed E-state index contributed by atoms with van der Waals surface area (Å²) < 4.78 is 43.0. The molecule has 0 aromatic rings. The smallest absolute Gasteiger partial charge is 0.346 e. The summed E-state index contributed by atoms with van der Waals surface area (Å²) in [5, 5.41) is 0. The number of piperidine rings is 1. The Labute approximate surface area is 130 Å². The molecular weight excluding hydrogens is 408 g/mol. The van der Waals surface area contributed by atoms with Crippen LogP contribution in [0.15, 0.2) is 0 Å².